The van der Waals surface area contributed by atoms with Crippen LogP contribution in [-0.4, -0.2) is 24.5 Å². The normalized spacial score (nSPS) is 20.5. The van der Waals surface area contributed by atoms with Crippen molar-refractivity contribution >= 4 is 11.3 Å². The highest BCUT2D eigenvalue weighted by Gasteiger charge is 2.34. The molecule has 3 heteroatoms. The van der Waals surface area contributed by atoms with Crippen LogP contribution in [-0.2, 0) is 0 Å². The quantitative estimate of drug-likeness (QED) is 0.832. The Morgan fingerprint density at radius 3 is 2.80 bits per heavy atom. The largest absolute Gasteiger partial charge is 0.329 e. The van der Waals surface area contributed by atoms with E-state index in [-0.39, 0.29) is 0 Å². The van der Waals surface area contributed by atoms with Crippen LogP contribution >= 0.6 is 11.3 Å². The Balaban J connectivity index is 2.02. The Morgan fingerprint density at radius 1 is 1.60 bits per heavy atom. The molecule has 1 saturated carbocycles. The Hall–Kier alpha value is -0.380. The Bertz CT molecular complexity index is 293. The second kappa shape index (κ2) is 4.64. The third-order valence-electron chi connectivity index (χ3n) is 3.50. The van der Waals surface area contributed by atoms with Crippen LogP contribution in [0, 0.1) is 5.92 Å². The highest BCUT2D eigenvalue weighted by Crippen LogP contribution is 2.37. The van der Waals surface area contributed by atoms with Crippen LogP contribution in [0.5, 0.6) is 0 Å². The van der Waals surface area contributed by atoms with Gasteiger partial charge in [-0.2, -0.15) is 0 Å². The molecule has 84 valence electrons. The lowest BCUT2D eigenvalue weighted by molar-refractivity contribution is 0.172. The molecule has 15 heavy (non-hydrogen) atoms. The summed E-state index contributed by atoms with van der Waals surface area (Å²) >= 11 is 1.84. The van der Waals surface area contributed by atoms with E-state index in [0.717, 1.165) is 12.5 Å². The molecule has 0 spiro atoms. The standard InChI is InChI=1S/C12H20N2S/c1-9(12-4-3-7-15-12)14(2)11(8-13)10-5-6-10/h3-4,7,9-11H,5-6,8,13H2,1-2H3. The van der Waals surface area contributed by atoms with Crippen molar-refractivity contribution in [1.82, 2.24) is 4.90 Å². The molecule has 0 radical (unpaired) electrons. The average Bonchev–Trinajstić information content (AvgIpc) is 2.93. The van der Waals surface area contributed by atoms with Crippen LogP contribution in [0.1, 0.15) is 30.7 Å². The third-order valence-corrected chi connectivity index (χ3v) is 4.54. The predicted molar refractivity (Wildman–Crippen MR) is 66.1 cm³/mol. The SMILES string of the molecule is CC(c1cccs1)N(C)C(CN)C1CC1. The summed E-state index contributed by atoms with van der Waals surface area (Å²) in [7, 11) is 2.21. The molecule has 1 aromatic heterocycles. The molecule has 0 aliphatic heterocycles. The van der Waals surface area contributed by atoms with Gasteiger partial charge in [-0.05, 0) is 44.2 Å². The maximum absolute atomic E-state index is 5.87. The summed E-state index contributed by atoms with van der Waals surface area (Å²) in [5, 5.41) is 2.15. The lowest BCUT2D eigenvalue weighted by atomic mass is 10.1. The molecule has 1 aliphatic carbocycles. The van der Waals surface area contributed by atoms with Crippen LogP contribution in [0.3, 0.4) is 0 Å². The summed E-state index contributed by atoms with van der Waals surface area (Å²) in [5.41, 5.74) is 5.87. The number of nitrogens with two attached hydrogens (primary N) is 1. The minimum absolute atomic E-state index is 0.499. The first-order chi connectivity index (χ1) is 7.24. The molecule has 0 amide bonds. The van der Waals surface area contributed by atoms with Crippen LogP contribution in [0.2, 0.25) is 0 Å². The second-order valence-corrected chi connectivity index (χ2v) is 5.48. The fourth-order valence-corrected chi connectivity index (χ4v) is 3.02. The van der Waals surface area contributed by atoms with Gasteiger partial charge in [0, 0.05) is 23.5 Å². The maximum atomic E-state index is 5.87. The van der Waals surface area contributed by atoms with Gasteiger partial charge >= 0.3 is 0 Å². The minimum Gasteiger partial charge on any atom is -0.329 e. The highest BCUT2D eigenvalue weighted by atomic mass is 32.1. The summed E-state index contributed by atoms with van der Waals surface area (Å²) in [6.45, 7) is 3.06. The fourth-order valence-electron chi connectivity index (χ4n) is 2.19. The molecule has 0 aromatic carbocycles. The highest BCUT2D eigenvalue weighted by molar-refractivity contribution is 7.10. The van der Waals surface area contributed by atoms with Crippen LogP contribution in [0.25, 0.3) is 0 Å². The van der Waals surface area contributed by atoms with Crippen molar-refractivity contribution in [3.63, 3.8) is 0 Å². The van der Waals surface area contributed by atoms with Gasteiger partial charge in [-0.1, -0.05) is 6.07 Å². The molecule has 1 heterocycles. The Labute approximate surface area is 96.1 Å². The first-order valence-electron chi connectivity index (χ1n) is 5.69. The molecule has 0 bridgehead atoms. The van der Waals surface area contributed by atoms with Gasteiger partial charge in [0.05, 0.1) is 0 Å². The molecular formula is C12H20N2S. The van der Waals surface area contributed by atoms with Gasteiger partial charge in [0.1, 0.15) is 0 Å². The minimum atomic E-state index is 0.499. The lowest BCUT2D eigenvalue weighted by Crippen LogP contribution is -2.40. The third kappa shape index (κ3) is 2.41. The molecule has 2 atom stereocenters. The predicted octanol–water partition coefficient (Wildman–Crippen LogP) is 2.48. The molecule has 2 N–H and O–H groups in total. The number of thiophene rings is 1. The van der Waals surface area contributed by atoms with E-state index in [1.807, 2.05) is 11.3 Å². The summed E-state index contributed by atoms with van der Waals surface area (Å²) < 4.78 is 0. The summed E-state index contributed by atoms with van der Waals surface area (Å²) in [6, 6.07) is 5.41. The first-order valence-corrected chi connectivity index (χ1v) is 6.57. The molecule has 2 rings (SSSR count). The molecule has 1 aliphatic rings. The zero-order valence-corrected chi connectivity index (χ0v) is 10.3. The molecule has 1 fully saturated rings. The van der Waals surface area contributed by atoms with E-state index in [4.69, 9.17) is 5.73 Å². The van der Waals surface area contributed by atoms with E-state index in [1.165, 1.54) is 17.7 Å². The molecule has 2 nitrogen and oxygen atoms in total. The van der Waals surface area contributed by atoms with E-state index in [0.29, 0.717) is 12.1 Å². The zero-order valence-electron chi connectivity index (χ0n) is 9.52. The zero-order chi connectivity index (χ0) is 10.8. The van der Waals surface area contributed by atoms with Gasteiger partial charge in [-0.15, -0.1) is 11.3 Å². The lowest BCUT2D eigenvalue weighted by Gasteiger charge is -2.32. The maximum Gasteiger partial charge on any atom is 0.0413 e. The summed E-state index contributed by atoms with van der Waals surface area (Å²) in [6.07, 6.45) is 2.73. The average molecular weight is 224 g/mol. The van der Waals surface area contributed by atoms with Crippen molar-refractivity contribution < 1.29 is 0 Å². The van der Waals surface area contributed by atoms with Crippen LogP contribution in [0.4, 0.5) is 0 Å². The van der Waals surface area contributed by atoms with E-state index in [2.05, 4.69) is 36.4 Å². The van der Waals surface area contributed by atoms with E-state index in [1.54, 1.807) is 0 Å². The molecule has 0 saturated heterocycles. The van der Waals surface area contributed by atoms with Gasteiger partial charge in [0.2, 0.25) is 0 Å². The van der Waals surface area contributed by atoms with E-state index < -0.39 is 0 Å². The van der Waals surface area contributed by atoms with Crippen LogP contribution < -0.4 is 5.73 Å². The first kappa shape index (κ1) is 11.1. The topological polar surface area (TPSA) is 29.3 Å². The smallest absolute Gasteiger partial charge is 0.0413 e. The van der Waals surface area contributed by atoms with Gasteiger partial charge in [-0.25, -0.2) is 0 Å². The summed E-state index contributed by atoms with van der Waals surface area (Å²) in [5.74, 6) is 0.849. The van der Waals surface area contributed by atoms with Crippen molar-refractivity contribution in [3.05, 3.63) is 22.4 Å². The number of hydrogen-bond donors (Lipinski definition) is 1. The molecule has 1 aromatic rings. The van der Waals surface area contributed by atoms with Gasteiger partial charge in [-0.3, -0.25) is 4.90 Å². The van der Waals surface area contributed by atoms with Crippen molar-refractivity contribution in [2.45, 2.75) is 31.8 Å². The number of hydrogen-bond acceptors (Lipinski definition) is 3. The molecule has 2 unspecified atom stereocenters. The van der Waals surface area contributed by atoms with Crippen molar-refractivity contribution in [2.24, 2.45) is 11.7 Å². The fraction of sp³-hybridized carbons (Fsp3) is 0.667. The summed E-state index contributed by atoms with van der Waals surface area (Å²) in [4.78, 5) is 3.89. The monoisotopic (exact) mass is 224 g/mol. The second-order valence-electron chi connectivity index (χ2n) is 4.50. The van der Waals surface area contributed by atoms with E-state index in [9.17, 15) is 0 Å². The number of rotatable bonds is 5. The van der Waals surface area contributed by atoms with Crippen LogP contribution in [0.15, 0.2) is 17.5 Å². The van der Waals surface area contributed by atoms with Gasteiger partial charge in [0.15, 0.2) is 0 Å². The van der Waals surface area contributed by atoms with Crippen molar-refractivity contribution in [3.8, 4) is 0 Å². The Kier molecular flexibility index (Phi) is 3.44. The van der Waals surface area contributed by atoms with E-state index >= 15 is 0 Å². The molecular weight excluding hydrogens is 204 g/mol. The van der Waals surface area contributed by atoms with Crippen molar-refractivity contribution in [2.75, 3.05) is 13.6 Å². The van der Waals surface area contributed by atoms with Gasteiger partial charge in [0.25, 0.3) is 0 Å². The Morgan fingerprint density at radius 2 is 2.33 bits per heavy atom. The number of nitrogens with zero attached hydrogens (tertiary/aromatic N) is 1. The van der Waals surface area contributed by atoms with Gasteiger partial charge < -0.3 is 5.73 Å². The number of likely N-dealkylation sites (N-methyl/N-ethyl adjacent to an activating group) is 1. The van der Waals surface area contributed by atoms with Crippen molar-refractivity contribution in [1.29, 1.82) is 0 Å².